The third kappa shape index (κ3) is 3.54. The predicted molar refractivity (Wildman–Crippen MR) is 102 cm³/mol. The van der Waals surface area contributed by atoms with Gasteiger partial charge in [0.25, 0.3) is 5.91 Å². The van der Waals surface area contributed by atoms with Crippen LogP contribution in [0, 0.1) is 0 Å². The van der Waals surface area contributed by atoms with E-state index in [1.807, 2.05) is 6.92 Å². The fourth-order valence-electron chi connectivity index (χ4n) is 3.24. The summed E-state index contributed by atoms with van der Waals surface area (Å²) in [5.74, 6) is -0.122. The lowest BCUT2D eigenvalue weighted by atomic mass is 9.94. The van der Waals surface area contributed by atoms with Crippen molar-refractivity contribution in [2.75, 3.05) is 19.8 Å². The third-order valence-corrected chi connectivity index (χ3v) is 5.68. The number of fused-ring (bicyclic) bond motifs is 5. The van der Waals surface area contributed by atoms with Gasteiger partial charge in [0.05, 0.1) is 17.6 Å². The molecule has 4 rings (SSSR count). The number of carbonyl (C=O) groups is 1. The van der Waals surface area contributed by atoms with E-state index < -0.39 is 0 Å². The van der Waals surface area contributed by atoms with Crippen LogP contribution in [0.4, 0.5) is 0 Å². The lowest BCUT2D eigenvalue weighted by Crippen LogP contribution is -2.31. The van der Waals surface area contributed by atoms with Gasteiger partial charge in [-0.25, -0.2) is 14.5 Å². The third-order valence-electron chi connectivity index (χ3n) is 4.57. The molecule has 0 spiro atoms. The molecule has 0 saturated heterocycles. The zero-order valence-corrected chi connectivity index (χ0v) is 16.6. The molecule has 9 heteroatoms. The Morgan fingerprint density at radius 1 is 1.48 bits per heavy atom. The smallest absolute Gasteiger partial charge is 0.290 e. The van der Waals surface area contributed by atoms with E-state index in [1.165, 1.54) is 10.4 Å². The summed E-state index contributed by atoms with van der Waals surface area (Å²) < 4.78 is 12.8. The second-order valence-electron chi connectivity index (χ2n) is 7.16. The Labute approximate surface area is 160 Å². The van der Waals surface area contributed by atoms with Crippen molar-refractivity contribution in [2.24, 2.45) is 0 Å². The predicted octanol–water partition coefficient (Wildman–Crippen LogP) is 2.35. The molecule has 0 aliphatic carbocycles. The Hall–Kier alpha value is -2.10. The molecule has 3 aromatic rings. The van der Waals surface area contributed by atoms with Crippen LogP contribution in [0.2, 0.25) is 0 Å². The van der Waals surface area contributed by atoms with Crippen LogP contribution in [0.1, 0.15) is 48.3 Å². The molecule has 0 unspecified atom stereocenters. The highest BCUT2D eigenvalue weighted by atomic mass is 32.1. The number of nitrogens with one attached hydrogen (secondary N) is 1. The number of carbonyl (C=O) groups excluding carboxylic acids is 1. The number of nitrogens with zero attached hydrogens (tertiary/aromatic N) is 4. The number of hydrogen-bond donors (Lipinski definition) is 1. The minimum absolute atomic E-state index is 0.159. The average Bonchev–Trinajstić information content (AvgIpc) is 3.21. The van der Waals surface area contributed by atoms with Crippen molar-refractivity contribution in [1.82, 2.24) is 24.9 Å². The molecule has 1 N–H and O–H groups in total. The monoisotopic (exact) mass is 389 g/mol. The van der Waals surface area contributed by atoms with Crippen molar-refractivity contribution in [2.45, 2.75) is 45.8 Å². The quantitative estimate of drug-likeness (QED) is 0.651. The van der Waals surface area contributed by atoms with E-state index in [9.17, 15) is 4.79 Å². The maximum Gasteiger partial charge on any atom is 0.290 e. The highest BCUT2D eigenvalue weighted by Gasteiger charge is 2.31. The molecular formula is C18H23N5O3S. The highest BCUT2D eigenvalue weighted by Crippen LogP contribution is 2.39. The molecule has 1 aliphatic rings. The highest BCUT2D eigenvalue weighted by molar-refractivity contribution is 7.19. The number of hydrogen-bond acceptors (Lipinski definition) is 7. The minimum Gasteiger partial charge on any atom is -0.382 e. The van der Waals surface area contributed by atoms with Gasteiger partial charge in [0, 0.05) is 31.1 Å². The maximum atomic E-state index is 12.4. The van der Waals surface area contributed by atoms with Crippen molar-refractivity contribution in [3.63, 3.8) is 0 Å². The Morgan fingerprint density at radius 2 is 2.33 bits per heavy atom. The van der Waals surface area contributed by atoms with E-state index in [2.05, 4.69) is 34.2 Å². The van der Waals surface area contributed by atoms with E-state index in [1.54, 1.807) is 22.2 Å². The number of aromatic nitrogens is 4. The molecule has 0 atom stereocenters. The van der Waals surface area contributed by atoms with Crippen LogP contribution in [0.3, 0.4) is 0 Å². The number of rotatable bonds is 6. The van der Waals surface area contributed by atoms with Gasteiger partial charge in [-0.2, -0.15) is 0 Å². The van der Waals surface area contributed by atoms with Gasteiger partial charge in [-0.05, 0) is 32.8 Å². The summed E-state index contributed by atoms with van der Waals surface area (Å²) in [5.41, 5.74) is 1.66. The fraction of sp³-hybridized carbons (Fsp3) is 0.556. The van der Waals surface area contributed by atoms with Crippen LogP contribution >= 0.6 is 11.3 Å². The van der Waals surface area contributed by atoms with Crippen molar-refractivity contribution in [3.8, 4) is 0 Å². The molecule has 4 heterocycles. The first-order valence-corrected chi connectivity index (χ1v) is 9.95. The van der Waals surface area contributed by atoms with Crippen molar-refractivity contribution >= 4 is 33.1 Å². The zero-order valence-electron chi connectivity index (χ0n) is 15.7. The van der Waals surface area contributed by atoms with Gasteiger partial charge < -0.3 is 14.8 Å². The van der Waals surface area contributed by atoms with E-state index in [0.29, 0.717) is 32.0 Å². The second-order valence-corrected chi connectivity index (χ2v) is 8.25. The van der Waals surface area contributed by atoms with Gasteiger partial charge in [0.2, 0.25) is 5.82 Å². The Morgan fingerprint density at radius 3 is 3.15 bits per heavy atom. The topological polar surface area (TPSA) is 90.6 Å². The summed E-state index contributed by atoms with van der Waals surface area (Å²) in [5, 5.41) is 8.14. The molecule has 144 valence electrons. The molecule has 8 nitrogen and oxygen atoms in total. The molecule has 0 fully saturated rings. The van der Waals surface area contributed by atoms with E-state index >= 15 is 0 Å². The number of amides is 1. The summed E-state index contributed by atoms with van der Waals surface area (Å²) in [4.78, 5) is 23.5. The first kappa shape index (κ1) is 18.3. The van der Waals surface area contributed by atoms with Gasteiger partial charge >= 0.3 is 0 Å². The molecule has 0 bridgehead atoms. The van der Waals surface area contributed by atoms with E-state index in [0.717, 1.165) is 23.1 Å². The maximum absolute atomic E-state index is 12.4. The molecule has 0 radical (unpaired) electrons. The second kappa shape index (κ2) is 7.14. The summed E-state index contributed by atoms with van der Waals surface area (Å²) in [6.45, 7) is 8.52. The Bertz CT molecular complexity index is 994. The van der Waals surface area contributed by atoms with Crippen LogP contribution in [0.25, 0.3) is 15.9 Å². The normalized spacial score (nSPS) is 16.0. The van der Waals surface area contributed by atoms with Crippen LogP contribution in [0.15, 0.2) is 6.33 Å². The first-order valence-electron chi connectivity index (χ1n) is 9.14. The van der Waals surface area contributed by atoms with Gasteiger partial charge in [-0.1, -0.05) is 0 Å². The van der Waals surface area contributed by atoms with Crippen molar-refractivity contribution < 1.29 is 14.3 Å². The summed E-state index contributed by atoms with van der Waals surface area (Å²) in [6, 6.07) is 0. The van der Waals surface area contributed by atoms with Gasteiger partial charge in [-0.15, -0.1) is 16.4 Å². The van der Waals surface area contributed by atoms with E-state index in [-0.39, 0.29) is 17.3 Å². The fourth-order valence-corrected chi connectivity index (χ4v) is 4.30. The Kier molecular flexibility index (Phi) is 4.83. The van der Waals surface area contributed by atoms with Crippen LogP contribution in [-0.2, 0) is 22.5 Å². The molecule has 1 amide bonds. The molecule has 0 saturated carbocycles. The molecular weight excluding hydrogens is 366 g/mol. The minimum atomic E-state index is -0.281. The van der Waals surface area contributed by atoms with Crippen molar-refractivity contribution in [1.29, 1.82) is 0 Å². The molecule has 1 aliphatic heterocycles. The number of thiophene rings is 1. The lowest BCUT2D eigenvalue weighted by Gasteiger charge is -2.30. The largest absolute Gasteiger partial charge is 0.382 e. The van der Waals surface area contributed by atoms with Crippen LogP contribution < -0.4 is 5.32 Å². The van der Waals surface area contributed by atoms with E-state index in [4.69, 9.17) is 9.47 Å². The zero-order chi connectivity index (χ0) is 19.0. The molecule has 3 aromatic heterocycles. The van der Waals surface area contributed by atoms with Crippen molar-refractivity contribution in [3.05, 3.63) is 22.6 Å². The molecule has 0 aromatic carbocycles. The SMILES string of the molecule is CCOCCCNC(=O)c1nc2c3c4c(sc3ncn2n1)COC(C)(C)C4. The number of ether oxygens (including phenoxy) is 2. The molecule has 27 heavy (non-hydrogen) atoms. The summed E-state index contributed by atoms with van der Waals surface area (Å²) in [6.07, 6.45) is 3.16. The van der Waals surface area contributed by atoms with Crippen LogP contribution in [-0.4, -0.2) is 50.8 Å². The standard InChI is InChI=1S/C18H23N5O3S/c1-4-25-7-5-6-19-16(24)14-21-15-13-11-8-18(2,3)26-9-12(11)27-17(13)20-10-23(15)22-14/h10H,4-9H2,1-3H3,(H,19,24). The van der Waals surface area contributed by atoms with Gasteiger partial charge in [0.1, 0.15) is 11.2 Å². The first-order chi connectivity index (χ1) is 13.0. The van der Waals surface area contributed by atoms with Gasteiger partial charge in [-0.3, -0.25) is 4.79 Å². The lowest BCUT2D eigenvalue weighted by molar-refractivity contribution is -0.0379. The average molecular weight is 389 g/mol. The summed E-state index contributed by atoms with van der Waals surface area (Å²) in [7, 11) is 0. The van der Waals surface area contributed by atoms with Crippen LogP contribution in [0.5, 0.6) is 0 Å². The Balaban J connectivity index is 1.63. The van der Waals surface area contributed by atoms with Gasteiger partial charge in [0.15, 0.2) is 5.65 Å². The summed E-state index contributed by atoms with van der Waals surface area (Å²) >= 11 is 1.62.